The van der Waals surface area contributed by atoms with E-state index >= 15 is 0 Å². The monoisotopic (exact) mass is 437 g/mol. The van der Waals surface area contributed by atoms with Gasteiger partial charge in [-0.25, -0.2) is 0 Å². The minimum absolute atomic E-state index is 0.126. The zero-order chi connectivity index (χ0) is 22.2. The Balaban J connectivity index is 1.73. The minimum Gasteiger partial charge on any atom is -0.354 e. The molecule has 0 aliphatic carbocycles. The fourth-order valence-corrected chi connectivity index (χ4v) is 4.32. The van der Waals surface area contributed by atoms with Gasteiger partial charge in [0, 0.05) is 29.0 Å². The van der Waals surface area contributed by atoms with E-state index in [9.17, 15) is 9.59 Å². The highest BCUT2D eigenvalue weighted by Crippen LogP contribution is 2.33. The molecule has 0 bridgehead atoms. The molecule has 4 rings (SSSR count). The van der Waals surface area contributed by atoms with Crippen molar-refractivity contribution in [3.63, 3.8) is 0 Å². The Morgan fingerprint density at radius 1 is 1.16 bits per heavy atom. The van der Waals surface area contributed by atoms with E-state index in [0.717, 1.165) is 22.9 Å². The average molecular weight is 438 g/mol. The summed E-state index contributed by atoms with van der Waals surface area (Å²) in [6, 6.07) is 17.2. The van der Waals surface area contributed by atoms with E-state index in [0.29, 0.717) is 36.3 Å². The summed E-state index contributed by atoms with van der Waals surface area (Å²) in [4.78, 5) is 28.8. The Kier molecular flexibility index (Phi) is 5.80. The van der Waals surface area contributed by atoms with Crippen molar-refractivity contribution in [3.8, 4) is 0 Å². The topological polar surface area (TPSA) is 54.3 Å². The first-order chi connectivity index (χ1) is 14.8. The van der Waals surface area contributed by atoms with Gasteiger partial charge in [0.05, 0.1) is 6.54 Å². The number of carbonyl (C=O) groups is 2. The Bertz CT molecular complexity index is 1120. The maximum absolute atomic E-state index is 13.7. The third-order valence-corrected chi connectivity index (χ3v) is 6.34. The first-order valence-corrected chi connectivity index (χ1v) is 11.1. The predicted molar refractivity (Wildman–Crippen MR) is 124 cm³/mol. The van der Waals surface area contributed by atoms with Crippen LogP contribution in [0.25, 0.3) is 10.9 Å². The summed E-state index contributed by atoms with van der Waals surface area (Å²) in [5.41, 5.74) is 1.51. The molecule has 0 saturated carbocycles. The predicted octanol–water partition coefficient (Wildman–Crippen LogP) is 4.87. The van der Waals surface area contributed by atoms with E-state index in [1.807, 2.05) is 66.1 Å². The minimum atomic E-state index is -1.01. The smallest absolute Gasteiger partial charge is 0.271 e. The second kappa shape index (κ2) is 8.39. The lowest BCUT2D eigenvalue weighted by Crippen LogP contribution is -2.63. The largest absolute Gasteiger partial charge is 0.354 e. The number of aromatic nitrogens is 1. The average Bonchev–Trinajstić information content (AvgIpc) is 3.10. The number of fused-ring (bicyclic) bond motifs is 3. The SMILES string of the molecule is CC(C)CCNC(=O)[C@]1(C)Cn2c(cc3ccccc32)C(=O)N1Cc1ccc(Cl)cc1. The Hall–Kier alpha value is -2.79. The number of hydrogen-bond donors (Lipinski definition) is 1. The number of carbonyl (C=O) groups excluding carboxylic acids is 2. The van der Waals surface area contributed by atoms with Gasteiger partial charge in [-0.15, -0.1) is 0 Å². The van der Waals surface area contributed by atoms with E-state index in [4.69, 9.17) is 11.6 Å². The van der Waals surface area contributed by atoms with Gasteiger partial charge in [-0.05, 0) is 49.1 Å². The van der Waals surface area contributed by atoms with Crippen LogP contribution in [0.4, 0.5) is 0 Å². The summed E-state index contributed by atoms with van der Waals surface area (Å²) in [5.74, 6) is 0.226. The third-order valence-electron chi connectivity index (χ3n) is 6.09. The fourth-order valence-electron chi connectivity index (χ4n) is 4.19. The van der Waals surface area contributed by atoms with Gasteiger partial charge in [0.2, 0.25) is 5.91 Å². The molecule has 1 atom stereocenters. The molecule has 1 aliphatic rings. The lowest BCUT2D eigenvalue weighted by molar-refractivity contribution is -0.133. The van der Waals surface area contributed by atoms with Crippen LogP contribution in [0.2, 0.25) is 5.02 Å². The molecule has 6 heteroatoms. The molecule has 2 heterocycles. The van der Waals surface area contributed by atoms with E-state index < -0.39 is 5.54 Å². The van der Waals surface area contributed by atoms with Gasteiger partial charge >= 0.3 is 0 Å². The molecule has 0 spiro atoms. The van der Waals surface area contributed by atoms with Gasteiger partial charge in [-0.1, -0.05) is 55.8 Å². The van der Waals surface area contributed by atoms with Gasteiger partial charge in [0.1, 0.15) is 11.2 Å². The van der Waals surface area contributed by atoms with Crippen molar-refractivity contribution in [2.24, 2.45) is 5.92 Å². The van der Waals surface area contributed by atoms with Gasteiger partial charge in [-0.2, -0.15) is 0 Å². The summed E-state index contributed by atoms with van der Waals surface area (Å²) >= 11 is 6.04. The molecule has 0 fully saturated rings. The van der Waals surface area contributed by atoms with Crippen LogP contribution in [-0.4, -0.2) is 33.4 Å². The van der Waals surface area contributed by atoms with E-state index in [-0.39, 0.29) is 11.8 Å². The highest BCUT2D eigenvalue weighted by atomic mass is 35.5. The van der Waals surface area contributed by atoms with Crippen molar-refractivity contribution < 1.29 is 9.59 Å². The maximum Gasteiger partial charge on any atom is 0.271 e. The number of hydrogen-bond acceptors (Lipinski definition) is 2. The number of para-hydroxylation sites is 1. The molecule has 1 aromatic heterocycles. The molecule has 3 aromatic rings. The molecular weight excluding hydrogens is 410 g/mol. The number of nitrogens with zero attached hydrogens (tertiary/aromatic N) is 2. The number of benzene rings is 2. The van der Waals surface area contributed by atoms with Crippen molar-refractivity contribution in [2.75, 3.05) is 6.54 Å². The van der Waals surface area contributed by atoms with Gasteiger partial charge in [0.25, 0.3) is 5.91 Å². The number of amides is 2. The highest BCUT2D eigenvalue weighted by Gasteiger charge is 2.47. The zero-order valence-electron chi connectivity index (χ0n) is 18.2. The van der Waals surface area contributed by atoms with E-state index in [1.165, 1.54) is 0 Å². The Labute approximate surface area is 188 Å². The summed E-state index contributed by atoms with van der Waals surface area (Å²) in [6.45, 7) is 7.46. The van der Waals surface area contributed by atoms with Crippen LogP contribution in [0.3, 0.4) is 0 Å². The van der Waals surface area contributed by atoms with Gasteiger partial charge in [0.15, 0.2) is 0 Å². The van der Waals surface area contributed by atoms with Crippen molar-refractivity contribution >= 4 is 34.3 Å². The van der Waals surface area contributed by atoms with Crippen LogP contribution in [0, 0.1) is 5.92 Å². The summed E-state index contributed by atoms with van der Waals surface area (Å²) in [6.07, 6.45) is 0.894. The van der Waals surface area contributed by atoms with Crippen LogP contribution in [0.1, 0.15) is 43.2 Å². The first kappa shape index (κ1) is 21.4. The van der Waals surface area contributed by atoms with Crippen LogP contribution in [0.15, 0.2) is 54.6 Å². The van der Waals surface area contributed by atoms with Crippen molar-refractivity contribution in [3.05, 3.63) is 70.9 Å². The zero-order valence-corrected chi connectivity index (χ0v) is 18.9. The molecule has 31 heavy (non-hydrogen) atoms. The van der Waals surface area contributed by atoms with Crippen molar-refractivity contribution in [1.82, 2.24) is 14.8 Å². The number of halogens is 1. The Morgan fingerprint density at radius 2 is 1.87 bits per heavy atom. The molecule has 0 unspecified atom stereocenters. The second-order valence-electron chi connectivity index (χ2n) is 8.90. The van der Waals surface area contributed by atoms with Crippen LogP contribution in [0.5, 0.6) is 0 Å². The molecule has 2 amide bonds. The van der Waals surface area contributed by atoms with E-state index in [1.54, 1.807) is 4.90 Å². The first-order valence-electron chi connectivity index (χ1n) is 10.7. The van der Waals surface area contributed by atoms with Crippen LogP contribution < -0.4 is 5.32 Å². The van der Waals surface area contributed by atoms with Crippen LogP contribution >= 0.6 is 11.6 Å². The van der Waals surface area contributed by atoms with E-state index in [2.05, 4.69) is 19.2 Å². The second-order valence-corrected chi connectivity index (χ2v) is 9.34. The Morgan fingerprint density at radius 3 is 2.58 bits per heavy atom. The van der Waals surface area contributed by atoms with Crippen LogP contribution in [-0.2, 0) is 17.9 Å². The maximum atomic E-state index is 13.7. The third kappa shape index (κ3) is 4.07. The normalized spacial score (nSPS) is 18.5. The summed E-state index contributed by atoms with van der Waals surface area (Å²) in [7, 11) is 0. The number of nitrogens with one attached hydrogen (secondary N) is 1. The van der Waals surface area contributed by atoms with Gasteiger partial charge in [-0.3, -0.25) is 9.59 Å². The summed E-state index contributed by atoms with van der Waals surface area (Å²) in [5, 5.41) is 4.72. The molecule has 2 aromatic carbocycles. The van der Waals surface area contributed by atoms with Crippen molar-refractivity contribution in [2.45, 2.75) is 45.8 Å². The number of rotatable bonds is 6. The molecule has 5 nitrogen and oxygen atoms in total. The standard InChI is InChI=1S/C25H28ClN3O2/c1-17(2)12-13-27-24(31)25(3)16-28-21-7-5-4-6-19(21)14-22(28)23(30)29(25)15-18-8-10-20(26)11-9-18/h4-11,14,17H,12-13,15-16H2,1-3H3,(H,27,31)/t25-/m0/s1. The molecule has 0 radical (unpaired) electrons. The lowest BCUT2D eigenvalue weighted by Gasteiger charge is -2.44. The fraction of sp³-hybridized carbons (Fsp3) is 0.360. The van der Waals surface area contributed by atoms with Crippen molar-refractivity contribution in [1.29, 1.82) is 0 Å². The van der Waals surface area contributed by atoms with Gasteiger partial charge < -0.3 is 14.8 Å². The molecule has 1 N–H and O–H groups in total. The summed E-state index contributed by atoms with van der Waals surface area (Å²) < 4.78 is 1.98. The highest BCUT2D eigenvalue weighted by molar-refractivity contribution is 6.30. The lowest BCUT2D eigenvalue weighted by atomic mass is 9.93. The quantitative estimate of drug-likeness (QED) is 0.598. The molecule has 1 aliphatic heterocycles. The molecular formula is C25H28ClN3O2. The molecule has 0 saturated heterocycles. The molecule has 162 valence electrons.